The third kappa shape index (κ3) is 4.08. The molecule has 156 valence electrons. The number of sulfonamides is 1. The molecule has 1 saturated heterocycles. The summed E-state index contributed by atoms with van der Waals surface area (Å²) in [7, 11) is -3.50. The summed E-state index contributed by atoms with van der Waals surface area (Å²) in [5.41, 5.74) is 4.95. The summed E-state index contributed by atoms with van der Waals surface area (Å²) in [6, 6.07) is 15.7. The maximum absolute atomic E-state index is 13.1. The molecule has 1 aromatic heterocycles. The van der Waals surface area contributed by atoms with Crippen LogP contribution in [-0.4, -0.2) is 48.9 Å². The summed E-state index contributed by atoms with van der Waals surface area (Å²) in [4.78, 5) is 11.4. The quantitative estimate of drug-likeness (QED) is 0.643. The van der Waals surface area contributed by atoms with Crippen LogP contribution in [0.2, 0.25) is 0 Å². The molecule has 7 heteroatoms. The lowest BCUT2D eigenvalue weighted by molar-refractivity contribution is 0.383. The Hall–Kier alpha value is -2.77. The molecule has 0 amide bonds. The van der Waals surface area contributed by atoms with E-state index in [0.717, 1.165) is 28.2 Å². The minimum absolute atomic E-state index is 0.394. The van der Waals surface area contributed by atoms with Gasteiger partial charge in [0.05, 0.1) is 10.6 Å². The van der Waals surface area contributed by atoms with E-state index in [4.69, 9.17) is 0 Å². The van der Waals surface area contributed by atoms with Gasteiger partial charge in [-0.3, -0.25) is 0 Å². The van der Waals surface area contributed by atoms with Crippen LogP contribution >= 0.6 is 0 Å². The zero-order chi connectivity index (χ0) is 21.3. The van der Waals surface area contributed by atoms with E-state index >= 15 is 0 Å². The Balaban J connectivity index is 1.50. The topological polar surface area (TPSA) is 66.4 Å². The molecule has 4 rings (SSSR count). The first-order chi connectivity index (χ1) is 14.3. The lowest BCUT2D eigenvalue weighted by atomic mass is 10.1. The number of piperazine rings is 1. The Labute approximate surface area is 178 Å². The fourth-order valence-electron chi connectivity index (χ4n) is 3.87. The van der Waals surface area contributed by atoms with Gasteiger partial charge in [0.2, 0.25) is 10.0 Å². The van der Waals surface area contributed by atoms with Gasteiger partial charge >= 0.3 is 0 Å². The van der Waals surface area contributed by atoms with Gasteiger partial charge in [0, 0.05) is 37.8 Å². The molecule has 0 aliphatic carbocycles. The second kappa shape index (κ2) is 8.16. The van der Waals surface area contributed by atoms with Gasteiger partial charge in [-0.2, -0.15) is 4.31 Å². The molecular weight excluding hydrogens is 396 g/mol. The van der Waals surface area contributed by atoms with Crippen LogP contribution in [0.1, 0.15) is 16.7 Å². The number of aryl methyl sites for hydroxylation is 3. The molecule has 0 bridgehead atoms. The molecule has 30 heavy (non-hydrogen) atoms. The smallest absolute Gasteiger partial charge is 0.243 e. The molecule has 0 unspecified atom stereocenters. The summed E-state index contributed by atoms with van der Waals surface area (Å²) in [6.07, 6.45) is 1.58. The summed E-state index contributed by atoms with van der Waals surface area (Å²) in [5, 5.41) is 0. The highest BCUT2D eigenvalue weighted by Crippen LogP contribution is 2.25. The Bertz CT molecular complexity index is 1170. The lowest BCUT2D eigenvalue weighted by Crippen LogP contribution is -2.49. The highest BCUT2D eigenvalue weighted by molar-refractivity contribution is 7.89. The molecule has 1 aliphatic heterocycles. The van der Waals surface area contributed by atoms with Crippen molar-refractivity contribution in [3.05, 3.63) is 71.5 Å². The molecule has 0 atom stereocenters. The number of hydrogen-bond donors (Lipinski definition) is 0. The van der Waals surface area contributed by atoms with E-state index in [1.165, 1.54) is 5.56 Å². The average Bonchev–Trinajstić information content (AvgIpc) is 2.74. The van der Waals surface area contributed by atoms with E-state index in [1.807, 2.05) is 44.2 Å². The van der Waals surface area contributed by atoms with Crippen molar-refractivity contribution in [3.63, 3.8) is 0 Å². The predicted molar refractivity (Wildman–Crippen MR) is 119 cm³/mol. The third-order valence-corrected chi connectivity index (χ3v) is 7.54. The third-order valence-electron chi connectivity index (χ3n) is 5.48. The lowest BCUT2D eigenvalue weighted by Gasteiger charge is -2.35. The van der Waals surface area contributed by atoms with Gasteiger partial charge in [0.1, 0.15) is 12.1 Å². The SMILES string of the molecule is Cc1cccc(-c2cc(N3CCN(S(=O)(=O)c4ccc(C)cc4C)CC3)ncn2)c1. The Morgan fingerprint density at radius 2 is 1.57 bits per heavy atom. The molecule has 0 saturated carbocycles. The minimum atomic E-state index is -3.50. The first-order valence-electron chi connectivity index (χ1n) is 10.1. The second-order valence-corrected chi connectivity index (χ2v) is 9.70. The number of benzene rings is 2. The Morgan fingerprint density at radius 1 is 0.833 bits per heavy atom. The second-order valence-electron chi connectivity index (χ2n) is 7.79. The van der Waals surface area contributed by atoms with E-state index in [9.17, 15) is 8.42 Å². The first kappa shape index (κ1) is 20.5. The molecule has 0 spiro atoms. The Kier molecular flexibility index (Phi) is 5.58. The zero-order valence-electron chi connectivity index (χ0n) is 17.5. The van der Waals surface area contributed by atoms with Gasteiger partial charge in [0.15, 0.2) is 0 Å². The molecule has 2 heterocycles. The molecule has 0 N–H and O–H groups in total. The van der Waals surface area contributed by atoms with Crippen LogP contribution in [0.15, 0.2) is 59.8 Å². The van der Waals surface area contributed by atoms with E-state index in [2.05, 4.69) is 33.9 Å². The molecule has 3 aromatic rings. The molecular formula is C23H26N4O2S. The number of rotatable bonds is 4. The molecule has 1 fully saturated rings. The monoisotopic (exact) mass is 422 g/mol. The van der Waals surface area contributed by atoms with Crippen molar-refractivity contribution < 1.29 is 8.42 Å². The summed E-state index contributed by atoms with van der Waals surface area (Å²) in [6.45, 7) is 7.92. The van der Waals surface area contributed by atoms with Crippen LogP contribution in [0.5, 0.6) is 0 Å². The Morgan fingerprint density at radius 3 is 2.27 bits per heavy atom. The van der Waals surface area contributed by atoms with Crippen molar-refractivity contribution in [2.24, 2.45) is 0 Å². The standard InChI is InChI=1S/C23H26N4O2S/c1-17-5-4-6-20(14-17)21-15-23(25-16-24-21)26-9-11-27(12-10-26)30(28,29)22-8-7-18(2)13-19(22)3/h4-8,13-16H,9-12H2,1-3H3. The van der Waals surface area contributed by atoms with Crippen molar-refractivity contribution in [1.82, 2.24) is 14.3 Å². The maximum Gasteiger partial charge on any atom is 0.243 e. The van der Waals surface area contributed by atoms with Crippen molar-refractivity contribution in [2.45, 2.75) is 25.7 Å². The number of anilines is 1. The van der Waals surface area contributed by atoms with Crippen molar-refractivity contribution in [3.8, 4) is 11.3 Å². The number of hydrogen-bond acceptors (Lipinski definition) is 5. The number of nitrogens with zero attached hydrogens (tertiary/aromatic N) is 4. The highest BCUT2D eigenvalue weighted by atomic mass is 32.2. The van der Waals surface area contributed by atoms with Crippen LogP contribution in [0.25, 0.3) is 11.3 Å². The highest BCUT2D eigenvalue weighted by Gasteiger charge is 2.30. The predicted octanol–water partition coefficient (Wildman–Crippen LogP) is 3.58. The molecule has 2 aromatic carbocycles. The summed E-state index contributed by atoms with van der Waals surface area (Å²) in [5.74, 6) is 0.824. The van der Waals surface area contributed by atoms with E-state index in [-0.39, 0.29) is 0 Å². The minimum Gasteiger partial charge on any atom is -0.354 e. The fourth-order valence-corrected chi connectivity index (χ4v) is 5.50. The van der Waals surface area contributed by atoms with Crippen LogP contribution < -0.4 is 4.90 Å². The van der Waals surface area contributed by atoms with Crippen molar-refractivity contribution in [2.75, 3.05) is 31.1 Å². The van der Waals surface area contributed by atoms with Crippen LogP contribution in [0, 0.1) is 20.8 Å². The largest absolute Gasteiger partial charge is 0.354 e. The summed E-state index contributed by atoms with van der Waals surface area (Å²) < 4.78 is 27.8. The van der Waals surface area contributed by atoms with Crippen molar-refractivity contribution >= 4 is 15.8 Å². The normalized spacial score (nSPS) is 15.4. The molecule has 6 nitrogen and oxygen atoms in total. The number of aromatic nitrogens is 2. The van der Waals surface area contributed by atoms with Crippen LogP contribution in [0.3, 0.4) is 0 Å². The zero-order valence-corrected chi connectivity index (χ0v) is 18.4. The van der Waals surface area contributed by atoms with E-state index in [0.29, 0.717) is 31.1 Å². The average molecular weight is 423 g/mol. The first-order valence-corrected chi connectivity index (χ1v) is 11.5. The van der Waals surface area contributed by atoms with E-state index < -0.39 is 10.0 Å². The summed E-state index contributed by atoms with van der Waals surface area (Å²) >= 11 is 0. The van der Waals surface area contributed by atoms with Crippen LogP contribution in [-0.2, 0) is 10.0 Å². The van der Waals surface area contributed by atoms with Gasteiger partial charge in [-0.1, -0.05) is 41.5 Å². The van der Waals surface area contributed by atoms with E-state index in [1.54, 1.807) is 16.7 Å². The molecule has 0 radical (unpaired) electrons. The van der Waals surface area contributed by atoms with Crippen molar-refractivity contribution in [1.29, 1.82) is 0 Å². The van der Waals surface area contributed by atoms with Crippen LogP contribution in [0.4, 0.5) is 5.82 Å². The van der Waals surface area contributed by atoms with Gasteiger partial charge < -0.3 is 4.90 Å². The fraction of sp³-hybridized carbons (Fsp3) is 0.304. The van der Waals surface area contributed by atoms with Gasteiger partial charge in [-0.15, -0.1) is 0 Å². The van der Waals surface area contributed by atoms with Gasteiger partial charge in [-0.25, -0.2) is 18.4 Å². The maximum atomic E-state index is 13.1. The van der Waals surface area contributed by atoms with Gasteiger partial charge in [-0.05, 0) is 38.5 Å². The molecule has 1 aliphatic rings. The van der Waals surface area contributed by atoms with Gasteiger partial charge in [0.25, 0.3) is 0 Å².